The Morgan fingerprint density at radius 2 is 1.29 bits per heavy atom. The molecular weight excluding hydrogens is 619 g/mol. The van der Waals surface area contributed by atoms with Gasteiger partial charge in [0.25, 0.3) is 0 Å². The van der Waals surface area contributed by atoms with Crippen LogP contribution in [0.15, 0.2) is 144 Å². The first-order valence-electron chi connectivity index (χ1n) is 16.5. The van der Waals surface area contributed by atoms with Gasteiger partial charge < -0.3 is 4.42 Å². The summed E-state index contributed by atoms with van der Waals surface area (Å²) in [5.41, 5.74) is 9.16. The van der Waals surface area contributed by atoms with Crippen molar-refractivity contribution >= 4 is 86.8 Å². The van der Waals surface area contributed by atoms with Gasteiger partial charge in [-0.2, -0.15) is 0 Å². The lowest BCUT2D eigenvalue weighted by atomic mass is 10.0. The molecule has 0 bridgehead atoms. The first kappa shape index (κ1) is 25.7. The summed E-state index contributed by atoms with van der Waals surface area (Å²) in [6.45, 7) is 0. The van der Waals surface area contributed by atoms with Crippen molar-refractivity contribution in [3.8, 4) is 38.8 Å². The van der Waals surface area contributed by atoms with E-state index in [1.165, 1.54) is 59.3 Å². The summed E-state index contributed by atoms with van der Waals surface area (Å²) in [7, 11) is 0. The molecule has 1 aliphatic rings. The van der Waals surface area contributed by atoms with E-state index in [1.807, 2.05) is 29.5 Å². The normalized spacial score (nSPS) is 12.5. The Labute approximate surface area is 283 Å². The highest BCUT2D eigenvalue weighted by molar-refractivity contribution is 7.23. The molecule has 0 aliphatic heterocycles. The largest absolute Gasteiger partial charge is 0.452 e. The number of hydrogen-bond donors (Lipinski definition) is 0. The van der Waals surface area contributed by atoms with Crippen LogP contribution in [0.4, 0.5) is 0 Å². The Kier molecular flexibility index (Phi) is 4.83. The van der Waals surface area contributed by atoms with Gasteiger partial charge in [-0.1, -0.05) is 121 Å². The molecule has 4 aromatic heterocycles. The molecule has 0 N–H and O–H groups in total. The fourth-order valence-electron chi connectivity index (χ4n) is 8.21. The molecule has 226 valence electrons. The highest BCUT2D eigenvalue weighted by atomic mass is 32.1. The molecule has 0 spiro atoms. The van der Waals surface area contributed by atoms with E-state index in [0.717, 1.165) is 43.5 Å². The smallest absolute Gasteiger partial charge is 0.236 e. The van der Waals surface area contributed by atoms with Crippen LogP contribution < -0.4 is 0 Å². The van der Waals surface area contributed by atoms with Gasteiger partial charge >= 0.3 is 0 Å². The Hall–Kier alpha value is -6.30. The fourth-order valence-corrected chi connectivity index (χ4v) is 9.58. The number of rotatable bonds is 2. The predicted octanol–water partition coefficient (Wildman–Crippen LogP) is 12.3. The molecule has 0 saturated carbocycles. The monoisotopic (exact) mass is 641 g/mol. The minimum Gasteiger partial charge on any atom is -0.452 e. The van der Waals surface area contributed by atoms with Crippen LogP contribution in [0, 0.1) is 0 Å². The Morgan fingerprint density at radius 3 is 2.18 bits per heavy atom. The SMILES string of the molecule is c1ccc2cc(-c3nc(-n4c5sc6c(c5c5ccc7ccccc7c54)-c4cccc5cccc-6c45)nc4c3oc3ccccc34)ccc2c1. The van der Waals surface area contributed by atoms with Crippen molar-refractivity contribution in [3.05, 3.63) is 140 Å². The topological polar surface area (TPSA) is 43.9 Å². The van der Waals surface area contributed by atoms with Crippen molar-refractivity contribution in [1.82, 2.24) is 14.5 Å². The minimum absolute atomic E-state index is 0.644. The van der Waals surface area contributed by atoms with E-state index in [-0.39, 0.29) is 0 Å². The summed E-state index contributed by atoms with van der Waals surface area (Å²) >= 11 is 1.85. The lowest BCUT2D eigenvalue weighted by Crippen LogP contribution is -2.02. The molecule has 0 unspecified atom stereocenters. The Balaban J connectivity index is 1.26. The first-order valence-corrected chi connectivity index (χ1v) is 17.3. The Bertz CT molecular complexity index is 3230. The number of para-hydroxylation sites is 1. The molecule has 4 heterocycles. The molecular formula is C44H23N3OS. The van der Waals surface area contributed by atoms with E-state index in [9.17, 15) is 0 Å². The van der Waals surface area contributed by atoms with Gasteiger partial charge in [0.1, 0.15) is 21.6 Å². The van der Waals surface area contributed by atoms with Crippen LogP contribution in [-0.2, 0) is 0 Å². The van der Waals surface area contributed by atoms with Gasteiger partial charge in [-0.05, 0) is 50.7 Å². The summed E-state index contributed by atoms with van der Waals surface area (Å²) in [6, 6.07) is 49.7. The van der Waals surface area contributed by atoms with Crippen molar-refractivity contribution < 1.29 is 4.42 Å². The van der Waals surface area contributed by atoms with Gasteiger partial charge in [0.15, 0.2) is 5.58 Å². The average molecular weight is 642 g/mol. The van der Waals surface area contributed by atoms with Crippen LogP contribution >= 0.6 is 11.3 Å². The lowest BCUT2D eigenvalue weighted by molar-refractivity contribution is 0.666. The maximum absolute atomic E-state index is 6.56. The maximum atomic E-state index is 6.56. The summed E-state index contributed by atoms with van der Waals surface area (Å²) < 4.78 is 8.88. The maximum Gasteiger partial charge on any atom is 0.236 e. The molecule has 5 heteroatoms. The van der Waals surface area contributed by atoms with Crippen molar-refractivity contribution in [1.29, 1.82) is 0 Å². The third-order valence-corrected chi connectivity index (χ3v) is 11.5. The van der Waals surface area contributed by atoms with Gasteiger partial charge in [0.05, 0.1) is 5.52 Å². The van der Waals surface area contributed by atoms with E-state index in [2.05, 4.69) is 126 Å². The summed E-state index contributed by atoms with van der Waals surface area (Å²) in [6.07, 6.45) is 0. The summed E-state index contributed by atoms with van der Waals surface area (Å²) in [4.78, 5) is 13.3. The zero-order valence-electron chi connectivity index (χ0n) is 25.9. The highest BCUT2D eigenvalue weighted by Crippen LogP contribution is 2.57. The molecule has 11 aromatic rings. The molecule has 0 fully saturated rings. The second-order valence-electron chi connectivity index (χ2n) is 12.9. The zero-order valence-corrected chi connectivity index (χ0v) is 26.8. The van der Waals surface area contributed by atoms with Crippen LogP contribution in [0.2, 0.25) is 0 Å². The number of benzene rings is 7. The standard InChI is InChI=1S/C44H23N3OS/c1-2-11-27-23-28(20-19-24(27)9-1)38-41-39(30-15-5-6-18-34(30)48-41)46-44(45-38)47-40-29-14-4-3-10-25(29)21-22-32(40)37-36-31-16-7-12-26-13-8-17-33(35(26)31)42(36)49-43(37)47/h1-23H. The quantitative estimate of drug-likeness (QED) is 0.189. The van der Waals surface area contributed by atoms with E-state index in [1.54, 1.807) is 0 Å². The van der Waals surface area contributed by atoms with Gasteiger partial charge in [-0.25, -0.2) is 9.97 Å². The molecule has 7 aromatic carbocycles. The Morgan fingerprint density at radius 1 is 0.551 bits per heavy atom. The zero-order chi connectivity index (χ0) is 31.8. The van der Waals surface area contributed by atoms with Crippen LogP contribution in [0.3, 0.4) is 0 Å². The van der Waals surface area contributed by atoms with Crippen LogP contribution in [0.1, 0.15) is 0 Å². The minimum atomic E-state index is 0.644. The third-order valence-electron chi connectivity index (χ3n) is 10.3. The van der Waals surface area contributed by atoms with E-state index >= 15 is 0 Å². The molecule has 49 heavy (non-hydrogen) atoms. The fraction of sp³-hybridized carbons (Fsp3) is 0. The van der Waals surface area contributed by atoms with Crippen molar-refractivity contribution in [2.75, 3.05) is 0 Å². The molecule has 0 atom stereocenters. The molecule has 0 radical (unpaired) electrons. The van der Waals surface area contributed by atoms with Gasteiger partial charge in [-0.3, -0.25) is 4.57 Å². The molecule has 0 saturated heterocycles. The third kappa shape index (κ3) is 3.32. The molecule has 0 amide bonds. The number of fused-ring (bicyclic) bond motifs is 13. The average Bonchev–Trinajstić information content (AvgIpc) is 3.89. The summed E-state index contributed by atoms with van der Waals surface area (Å²) in [5, 5.41) is 10.8. The second kappa shape index (κ2) is 9.19. The number of nitrogens with zero attached hydrogens (tertiary/aromatic N) is 3. The summed E-state index contributed by atoms with van der Waals surface area (Å²) in [5.74, 6) is 0.644. The van der Waals surface area contributed by atoms with Gasteiger partial charge in [-0.15, -0.1) is 11.3 Å². The van der Waals surface area contributed by atoms with Gasteiger partial charge in [0.2, 0.25) is 5.95 Å². The van der Waals surface area contributed by atoms with Crippen molar-refractivity contribution in [3.63, 3.8) is 0 Å². The van der Waals surface area contributed by atoms with Crippen molar-refractivity contribution in [2.24, 2.45) is 0 Å². The van der Waals surface area contributed by atoms with Crippen molar-refractivity contribution in [2.45, 2.75) is 0 Å². The van der Waals surface area contributed by atoms with E-state index in [0.29, 0.717) is 11.5 Å². The van der Waals surface area contributed by atoms with Crippen LogP contribution in [0.25, 0.3) is 114 Å². The number of furan rings is 1. The molecule has 12 rings (SSSR count). The highest BCUT2D eigenvalue weighted by Gasteiger charge is 2.31. The van der Waals surface area contributed by atoms with E-state index < -0.39 is 0 Å². The molecule has 1 aliphatic carbocycles. The second-order valence-corrected chi connectivity index (χ2v) is 13.9. The molecule has 4 nitrogen and oxygen atoms in total. The lowest BCUT2D eigenvalue weighted by Gasteiger charge is -2.11. The number of aromatic nitrogens is 3. The predicted molar refractivity (Wildman–Crippen MR) is 204 cm³/mol. The number of thiophene rings is 1. The van der Waals surface area contributed by atoms with Gasteiger partial charge in [0, 0.05) is 43.1 Å². The van der Waals surface area contributed by atoms with E-state index in [4.69, 9.17) is 14.4 Å². The van der Waals surface area contributed by atoms with Crippen LogP contribution in [0.5, 0.6) is 0 Å². The number of hydrogen-bond acceptors (Lipinski definition) is 4. The first-order chi connectivity index (χ1) is 24.3. The van der Waals surface area contributed by atoms with Crippen LogP contribution in [-0.4, -0.2) is 14.5 Å².